The summed E-state index contributed by atoms with van der Waals surface area (Å²) in [4.78, 5) is 25.8. The van der Waals surface area contributed by atoms with Crippen LogP contribution < -0.4 is 4.90 Å². The quantitative estimate of drug-likeness (QED) is 0.795. The lowest BCUT2D eigenvalue weighted by Gasteiger charge is -2.28. The van der Waals surface area contributed by atoms with Gasteiger partial charge in [-0.25, -0.2) is 4.68 Å². The Kier molecular flexibility index (Phi) is 3.51. The van der Waals surface area contributed by atoms with Gasteiger partial charge in [-0.15, -0.1) is 16.9 Å². The Bertz CT molecular complexity index is 655. The van der Waals surface area contributed by atoms with E-state index in [0.29, 0.717) is 12.8 Å². The second kappa shape index (κ2) is 5.46. The Morgan fingerprint density at radius 1 is 1.40 bits per heavy atom. The summed E-state index contributed by atoms with van der Waals surface area (Å²) < 4.78 is 1.39. The topological polar surface area (TPSA) is 68.1 Å². The molecule has 0 aliphatic carbocycles. The molecule has 1 amide bonds. The van der Waals surface area contributed by atoms with Gasteiger partial charge in [0.05, 0.1) is 11.9 Å². The second-order valence-corrected chi connectivity index (χ2v) is 5.46. The van der Waals surface area contributed by atoms with Gasteiger partial charge in [-0.1, -0.05) is 17.3 Å². The minimum atomic E-state index is -0.0555. The van der Waals surface area contributed by atoms with Crippen LogP contribution in [0.4, 0.5) is 5.69 Å². The molecule has 3 rings (SSSR count). The fourth-order valence-corrected chi connectivity index (χ4v) is 3.09. The third kappa shape index (κ3) is 2.44. The number of aromatic nitrogens is 3. The molecule has 0 bridgehead atoms. The molecule has 1 aromatic carbocycles. The van der Waals surface area contributed by atoms with Crippen LogP contribution in [-0.2, 0) is 11.3 Å². The van der Waals surface area contributed by atoms with Crippen molar-refractivity contribution in [1.82, 2.24) is 15.0 Å². The van der Waals surface area contributed by atoms with Crippen molar-refractivity contribution in [1.29, 1.82) is 0 Å². The molecule has 2 heterocycles. The van der Waals surface area contributed by atoms with Crippen LogP contribution in [0.25, 0.3) is 0 Å². The summed E-state index contributed by atoms with van der Waals surface area (Å²) in [5.74, 6) is 0.819. The van der Waals surface area contributed by atoms with Crippen molar-refractivity contribution in [2.24, 2.45) is 0 Å². The van der Waals surface area contributed by atoms with E-state index in [1.807, 2.05) is 24.3 Å². The van der Waals surface area contributed by atoms with Crippen LogP contribution in [0.5, 0.6) is 0 Å². The average molecular weight is 288 g/mol. The summed E-state index contributed by atoms with van der Waals surface area (Å²) in [6.45, 7) is 0.760. The maximum absolute atomic E-state index is 12.4. The van der Waals surface area contributed by atoms with Gasteiger partial charge in [0.15, 0.2) is 6.29 Å². The summed E-state index contributed by atoms with van der Waals surface area (Å²) in [5, 5.41) is 7.41. The molecule has 1 aliphatic heterocycles. The summed E-state index contributed by atoms with van der Waals surface area (Å²) in [6.07, 6.45) is 2.08. The number of rotatable bonds is 3. The van der Waals surface area contributed by atoms with Crippen LogP contribution in [-0.4, -0.2) is 39.5 Å². The lowest BCUT2D eigenvalue weighted by atomic mass is 10.2. The zero-order valence-electron chi connectivity index (χ0n) is 10.6. The standard InChI is InChI=1S/C13H12N4O2S/c18-9-10-7-16(15-14-10)8-13(19)17-5-6-20-12-4-2-1-3-11(12)17/h1-4,7,9H,5-6,8H2. The fourth-order valence-electron chi connectivity index (χ4n) is 2.10. The molecule has 1 aromatic heterocycles. The number of carbonyl (C=O) groups excluding carboxylic acids is 2. The van der Waals surface area contributed by atoms with E-state index in [1.54, 1.807) is 16.7 Å². The van der Waals surface area contributed by atoms with E-state index in [-0.39, 0.29) is 18.1 Å². The highest BCUT2D eigenvalue weighted by Gasteiger charge is 2.22. The van der Waals surface area contributed by atoms with Crippen LogP contribution in [0.15, 0.2) is 35.4 Å². The Balaban J connectivity index is 1.79. The smallest absolute Gasteiger partial charge is 0.248 e. The lowest BCUT2D eigenvalue weighted by molar-refractivity contribution is -0.119. The predicted molar refractivity (Wildman–Crippen MR) is 74.9 cm³/mol. The second-order valence-electron chi connectivity index (χ2n) is 4.32. The molecule has 0 fully saturated rings. The zero-order chi connectivity index (χ0) is 13.9. The highest BCUT2D eigenvalue weighted by atomic mass is 32.2. The first-order valence-corrected chi connectivity index (χ1v) is 7.14. The third-order valence-corrected chi connectivity index (χ3v) is 4.05. The molecular weight excluding hydrogens is 276 g/mol. The van der Waals surface area contributed by atoms with Crippen molar-refractivity contribution in [2.75, 3.05) is 17.2 Å². The number of para-hydroxylation sites is 1. The number of hydrogen-bond acceptors (Lipinski definition) is 5. The first-order chi connectivity index (χ1) is 9.78. The molecule has 0 atom stereocenters. The number of fused-ring (bicyclic) bond motifs is 1. The van der Waals surface area contributed by atoms with E-state index >= 15 is 0 Å². The van der Waals surface area contributed by atoms with Gasteiger partial charge in [-0.2, -0.15) is 0 Å². The average Bonchev–Trinajstić information content (AvgIpc) is 2.94. The van der Waals surface area contributed by atoms with Crippen LogP contribution in [0.3, 0.4) is 0 Å². The first-order valence-electron chi connectivity index (χ1n) is 6.15. The molecule has 20 heavy (non-hydrogen) atoms. The Labute approximate surface area is 119 Å². The van der Waals surface area contributed by atoms with E-state index in [1.165, 1.54) is 10.9 Å². The van der Waals surface area contributed by atoms with Crippen molar-refractivity contribution < 1.29 is 9.59 Å². The number of hydrogen-bond donors (Lipinski definition) is 0. The molecule has 0 radical (unpaired) electrons. The summed E-state index contributed by atoms with van der Waals surface area (Å²) in [6, 6.07) is 7.84. The Morgan fingerprint density at radius 3 is 3.05 bits per heavy atom. The maximum atomic E-state index is 12.4. The number of amides is 1. The number of benzene rings is 1. The molecular formula is C13H12N4O2S. The largest absolute Gasteiger partial charge is 0.309 e. The molecule has 102 valence electrons. The van der Waals surface area contributed by atoms with Gasteiger partial charge < -0.3 is 4.90 Å². The van der Waals surface area contributed by atoms with Crippen molar-refractivity contribution in [2.45, 2.75) is 11.4 Å². The number of anilines is 1. The van der Waals surface area contributed by atoms with Crippen molar-refractivity contribution in [3.8, 4) is 0 Å². The van der Waals surface area contributed by atoms with Crippen LogP contribution in [0.2, 0.25) is 0 Å². The highest BCUT2D eigenvalue weighted by Crippen LogP contribution is 2.34. The maximum Gasteiger partial charge on any atom is 0.248 e. The molecule has 0 unspecified atom stereocenters. The zero-order valence-corrected chi connectivity index (χ0v) is 11.4. The van der Waals surface area contributed by atoms with Gasteiger partial charge >= 0.3 is 0 Å². The van der Waals surface area contributed by atoms with Gasteiger partial charge in [-0.05, 0) is 12.1 Å². The predicted octanol–water partition coefficient (Wildman–Crippen LogP) is 1.23. The fraction of sp³-hybridized carbons (Fsp3) is 0.231. The normalized spacial score (nSPS) is 13.9. The third-order valence-electron chi connectivity index (χ3n) is 3.00. The van der Waals surface area contributed by atoms with E-state index < -0.39 is 0 Å². The van der Waals surface area contributed by atoms with Gasteiger partial charge in [0.1, 0.15) is 12.2 Å². The molecule has 0 saturated carbocycles. The SMILES string of the molecule is O=Cc1cn(CC(=O)N2CCSc3ccccc32)nn1. The van der Waals surface area contributed by atoms with Crippen LogP contribution in [0, 0.1) is 0 Å². The molecule has 6 nitrogen and oxygen atoms in total. The molecule has 1 aliphatic rings. The van der Waals surface area contributed by atoms with Crippen molar-refractivity contribution >= 4 is 29.6 Å². The van der Waals surface area contributed by atoms with E-state index in [2.05, 4.69) is 10.3 Å². The van der Waals surface area contributed by atoms with Crippen molar-refractivity contribution in [3.63, 3.8) is 0 Å². The molecule has 0 spiro atoms. The van der Waals surface area contributed by atoms with Crippen LogP contribution >= 0.6 is 11.8 Å². The van der Waals surface area contributed by atoms with Gasteiger partial charge in [0.25, 0.3) is 0 Å². The molecule has 0 N–H and O–H groups in total. The summed E-state index contributed by atoms with van der Waals surface area (Å²) in [7, 11) is 0. The number of aldehydes is 1. The number of nitrogens with zero attached hydrogens (tertiary/aromatic N) is 4. The number of carbonyl (C=O) groups is 2. The minimum absolute atomic E-state index is 0.0555. The van der Waals surface area contributed by atoms with Gasteiger partial charge in [0, 0.05) is 17.2 Å². The summed E-state index contributed by atoms with van der Waals surface area (Å²) >= 11 is 1.75. The van der Waals surface area contributed by atoms with Crippen molar-refractivity contribution in [3.05, 3.63) is 36.2 Å². The Hall–Kier alpha value is -2.15. The highest BCUT2D eigenvalue weighted by molar-refractivity contribution is 7.99. The molecule has 7 heteroatoms. The van der Waals surface area contributed by atoms with Gasteiger partial charge in [-0.3, -0.25) is 9.59 Å². The van der Waals surface area contributed by atoms with E-state index in [9.17, 15) is 9.59 Å². The molecule has 2 aromatic rings. The van der Waals surface area contributed by atoms with Gasteiger partial charge in [0.2, 0.25) is 5.91 Å². The lowest BCUT2D eigenvalue weighted by Crippen LogP contribution is -2.37. The van der Waals surface area contributed by atoms with Crippen LogP contribution in [0.1, 0.15) is 10.5 Å². The van der Waals surface area contributed by atoms with E-state index in [4.69, 9.17) is 0 Å². The monoisotopic (exact) mass is 288 g/mol. The minimum Gasteiger partial charge on any atom is -0.309 e. The number of thioether (sulfide) groups is 1. The summed E-state index contributed by atoms with van der Waals surface area (Å²) in [5.41, 5.74) is 1.16. The van der Waals surface area contributed by atoms with E-state index in [0.717, 1.165) is 16.3 Å². The Morgan fingerprint density at radius 2 is 2.25 bits per heavy atom. The molecule has 0 saturated heterocycles. The first kappa shape index (κ1) is 12.9.